The Morgan fingerprint density at radius 3 is 2.44 bits per heavy atom. The van der Waals surface area contributed by atoms with Crippen LogP contribution in [0.1, 0.15) is 38.5 Å². The lowest BCUT2D eigenvalue weighted by molar-refractivity contribution is -0.222. The lowest BCUT2D eigenvalue weighted by atomic mass is 10.0. The average Bonchev–Trinajstić information content (AvgIpc) is 2.68. The van der Waals surface area contributed by atoms with Gasteiger partial charge in [-0.15, -0.1) is 0 Å². The van der Waals surface area contributed by atoms with E-state index in [9.17, 15) is 4.79 Å². The highest BCUT2D eigenvalue weighted by molar-refractivity contribution is 5.67. The fourth-order valence-electron chi connectivity index (χ4n) is 3.00. The predicted molar refractivity (Wildman–Crippen MR) is 68.1 cm³/mol. The number of hydrogen-bond donors (Lipinski definition) is 0. The molecule has 0 radical (unpaired) electrons. The fraction of sp³-hybridized carbons (Fsp3) is 0.923. The van der Waals surface area contributed by atoms with Gasteiger partial charge in [0, 0.05) is 19.1 Å². The second-order valence-corrected chi connectivity index (χ2v) is 5.21. The highest BCUT2D eigenvalue weighted by Crippen LogP contribution is 2.20. The van der Waals surface area contributed by atoms with E-state index in [1.54, 1.807) is 4.90 Å². The fourth-order valence-corrected chi connectivity index (χ4v) is 3.00. The number of carbonyl (C=O) groups is 1. The number of rotatable bonds is 2. The van der Waals surface area contributed by atoms with E-state index in [4.69, 9.17) is 0 Å². The lowest BCUT2D eigenvalue weighted by Gasteiger charge is -2.38. The Morgan fingerprint density at radius 2 is 1.78 bits per heavy atom. The van der Waals surface area contributed by atoms with E-state index in [1.165, 1.54) is 52.3 Å². The summed E-state index contributed by atoms with van der Waals surface area (Å²) in [5, 5.41) is 0. The van der Waals surface area contributed by atoms with Crippen LogP contribution in [-0.2, 0) is 9.78 Å². The Bertz CT molecular complexity index is 265. The first-order valence-corrected chi connectivity index (χ1v) is 7.05. The summed E-state index contributed by atoms with van der Waals surface area (Å²) in [6.45, 7) is 3.92. The molecule has 0 aromatic carbocycles. The van der Waals surface area contributed by atoms with Crippen molar-refractivity contribution in [3.8, 4) is 0 Å². The van der Waals surface area contributed by atoms with Crippen molar-refractivity contribution in [3.63, 3.8) is 0 Å². The number of hydrogen-bond acceptors (Lipinski definition) is 4. The molecule has 0 bridgehead atoms. The summed E-state index contributed by atoms with van der Waals surface area (Å²) in [7, 11) is 1.37. The second kappa shape index (κ2) is 6.95. The molecule has 18 heavy (non-hydrogen) atoms. The summed E-state index contributed by atoms with van der Waals surface area (Å²) in [6, 6.07) is 0.501. The maximum Gasteiger partial charge on any atom is 0.441 e. The number of piperidine rings is 1. The van der Waals surface area contributed by atoms with Gasteiger partial charge in [0.1, 0.15) is 0 Å². The zero-order valence-corrected chi connectivity index (χ0v) is 11.3. The minimum atomic E-state index is -0.350. The van der Waals surface area contributed by atoms with Gasteiger partial charge in [-0.3, -0.25) is 9.79 Å². The van der Waals surface area contributed by atoms with E-state index in [0.717, 1.165) is 19.5 Å². The topological polar surface area (TPSA) is 42.0 Å². The summed E-state index contributed by atoms with van der Waals surface area (Å²) < 4.78 is 0. The molecule has 5 nitrogen and oxygen atoms in total. The molecule has 2 heterocycles. The van der Waals surface area contributed by atoms with Gasteiger partial charge >= 0.3 is 6.09 Å². The smallest absolute Gasteiger partial charge is 0.304 e. The number of carbonyl (C=O) groups excluding carboxylic acids is 1. The minimum absolute atomic E-state index is 0.350. The molecule has 1 atom stereocenters. The molecule has 1 unspecified atom stereocenters. The van der Waals surface area contributed by atoms with Crippen molar-refractivity contribution < 1.29 is 14.6 Å². The standard InChI is InChI=1S/C13H24N2O3/c1-17-18-13(16)15-10-6-7-12(11-15)14-8-4-2-3-5-9-14/h12H,2-11H2,1H3. The molecule has 0 spiro atoms. The average molecular weight is 256 g/mol. The van der Waals surface area contributed by atoms with Gasteiger partial charge in [-0.05, 0) is 38.8 Å². The largest absolute Gasteiger partial charge is 0.441 e. The van der Waals surface area contributed by atoms with Crippen molar-refractivity contribution in [2.45, 2.75) is 44.6 Å². The van der Waals surface area contributed by atoms with Crippen LogP contribution in [-0.4, -0.2) is 55.2 Å². The Kier molecular flexibility index (Phi) is 5.26. The van der Waals surface area contributed by atoms with E-state index in [-0.39, 0.29) is 6.09 Å². The third-order valence-electron chi connectivity index (χ3n) is 3.97. The zero-order valence-electron chi connectivity index (χ0n) is 11.3. The molecule has 2 aliphatic heterocycles. The van der Waals surface area contributed by atoms with Gasteiger partial charge in [-0.2, -0.15) is 4.89 Å². The van der Waals surface area contributed by atoms with Gasteiger partial charge in [0.25, 0.3) is 0 Å². The maximum absolute atomic E-state index is 11.7. The maximum atomic E-state index is 11.7. The predicted octanol–water partition coefficient (Wildman–Crippen LogP) is 2.02. The van der Waals surface area contributed by atoms with Crippen molar-refractivity contribution in [2.24, 2.45) is 0 Å². The summed E-state index contributed by atoms with van der Waals surface area (Å²) >= 11 is 0. The molecule has 0 saturated carbocycles. The van der Waals surface area contributed by atoms with E-state index in [1.807, 2.05) is 0 Å². The summed E-state index contributed by atoms with van der Waals surface area (Å²) in [4.78, 5) is 25.0. The number of likely N-dealkylation sites (tertiary alicyclic amines) is 2. The second-order valence-electron chi connectivity index (χ2n) is 5.21. The van der Waals surface area contributed by atoms with Crippen LogP contribution in [0.25, 0.3) is 0 Å². The Balaban J connectivity index is 1.86. The van der Waals surface area contributed by atoms with Gasteiger partial charge in [-0.25, -0.2) is 4.79 Å². The number of amides is 1. The van der Waals surface area contributed by atoms with Crippen LogP contribution >= 0.6 is 0 Å². The summed E-state index contributed by atoms with van der Waals surface area (Å²) in [5.74, 6) is 0. The minimum Gasteiger partial charge on any atom is -0.304 e. The van der Waals surface area contributed by atoms with Crippen molar-refractivity contribution in [1.82, 2.24) is 9.80 Å². The van der Waals surface area contributed by atoms with Crippen molar-refractivity contribution >= 4 is 6.09 Å². The molecule has 0 N–H and O–H groups in total. The number of nitrogens with zero attached hydrogens (tertiary/aromatic N) is 2. The van der Waals surface area contributed by atoms with Gasteiger partial charge < -0.3 is 4.90 Å². The van der Waals surface area contributed by atoms with Crippen molar-refractivity contribution in [3.05, 3.63) is 0 Å². The van der Waals surface area contributed by atoms with Crippen LogP contribution in [0.3, 0.4) is 0 Å². The molecule has 5 heteroatoms. The van der Waals surface area contributed by atoms with Gasteiger partial charge in [0.05, 0.1) is 7.11 Å². The molecule has 0 aromatic heterocycles. The molecule has 0 aliphatic carbocycles. The monoisotopic (exact) mass is 256 g/mol. The van der Waals surface area contributed by atoms with Crippen LogP contribution < -0.4 is 0 Å². The highest BCUT2D eigenvalue weighted by Gasteiger charge is 2.29. The molecule has 0 aromatic rings. The first-order chi connectivity index (χ1) is 8.81. The van der Waals surface area contributed by atoms with Crippen LogP contribution in [0.5, 0.6) is 0 Å². The summed E-state index contributed by atoms with van der Waals surface area (Å²) in [6.07, 6.45) is 7.17. The Morgan fingerprint density at radius 1 is 1.06 bits per heavy atom. The van der Waals surface area contributed by atoms with Crippen LogP contribution in [0.15, 0.2) is 0 Å². The first-order valence-electron chi connectivity index (χ1n) is 7.05. The molecule has 2 fully saturated rings. The van der Waals surface area contributed by atoms with Crippen LogP contribution in [0, 0.1) is 0 Å². The van der Waals surface area contributed by atoms with Gasteiger partial charge in [-0.1, -0.05) is 12.8 Å². The molecule has 104 valence electrons. The first kappa shape index (κ1) is 13.6. The third-order valence-corrected chi connectivity index (χ3v) is 3.97. The SMILES string of the molecule is COOC(=O)N1CCCC(N2CCCCCC2)C1. The van der Waals surface area contributed by atoms with Crippen LogP contribution in [0.4, 0.5) is 4.79 Å². The van der Waals surface area contributed by atoms with E-state index >= 15 is 0 Å². The normalized spacial score (nSPS) is 26.7. The Labute approximate surface area is 109 Å². The van der Waals surface area contributed by atoms with Crippen molar-refractivity contribution in [1.29, 1.82) is 0 Å². The quantitative estimate of drug-likeness (QED) is 0.560. The molecule has 2 saturated heterocycles. The van der Waals surface area contributed by atoms with E-state index in [2.05, 4.69) is 14.7 Å². The van der Waals surface area contributed by atoms with Gasteiger partial charge in [0.2, 0.25) is 0 Å². The molecular formula is C13H24N2O3. The highest BCUT2D eigenvalue weighted by atomic mass is 17.2. The van der Waals surface area contributed by atoms with E-state index < -0.39 is 0 Å². The molecule has 2 rings (SSSR count). The zero-order chi connectivity index (χ0) is 12.8. The lowest BCUT2D eigenvalue weighted by Crippen LogP contribution is -2.50. The molecular weight excluding hydrogens is 232 g/mol. The van der Waals surface area contributed by atoms with Crippen molar-refractivity contribution in [2.75, 3.05) is 33.3 Å². The third kappa shape index (κ3) is 3.59. The molecule has 2 aliphatic rings. The molecule has 1 amide bonds. The van der Waals surface area contributed by atoms with Gasteiger partial charge in [0.15, 0.2) is 0 Å². The summed E-state index contributed by atoms with van der Waals surface area (Å²) in [5.41, 5.74) is 0. The van der Waals surface area contributed by atoms with E-state index in [0.29, 0.717) is 6.04 Å². The van der Waals surface area contributed by atoms with Crippen LogP contribution in [0.2, 0.25) is 0 Å². The Hall–Kier alpha value is -0.810.